The predicted molar refractivity (Wildman–Crippen MR) is 336 cm³/mol. The Morgan fingerprint density at radius 3 is 0.551 bits per heavy atom. The number of terminal acetylenes is 8. The fourth-order valence-electron chi connectivity index (χ4n) is 9.37. The van der Waals surface area contributed by atoms with E-state index in [1.165, 1.54) is 6.92 Å². The summed E-state index contributed by atoms with van der Waals surface area (Å²) in [4.78, 5) is 160. The maximum atomic E-state index is 14.5. The molecule has 13 N–H and O–H groups in total. The van der Waals surface area contributed by atoms with E-state index in [0.29, 0.717) is 0 Å². The Hall–Kier alpha value is -9.72. The van der Waals surface area contributed by atoms with Crippen molar-refractivity contribution in [3.05, 3.63) is 0 Å². The summed E-state index contributed by atoms with van der Waals surface area (Å²) in [6, 6.07) is 0. The van der Waals surface area contributed by atoms with Crippen molar-refractivity contribution >= 4 is 70.8 Å². The van der Waals surface area contributed by atoms with Gasteiger partial charge in [-0.2, -0.15) is 0 Å². The van der Waals surface area contributed by atoms with Gasteiger partial charge < -0.3 is 69.0 Å². The molecule has 0 aromatic heterocycles. The Balaban J connectivity index is 7.87. The molecule has 11 amide bonds. The molecule has 0 spiro atoms. The summed E-state index contributed by atoms with van der Waals surface area (Å²) in [7, 11) is 0. The van der Waals surface area contributed by atoms with Crippen LogP contribution in [0.2, 0.25) is 0 Å². The van der Waals surface area contributed by atoms with E-state index < -0.39 is 100.0 Å². The zero-order chi connectivity index (χ0) is 67.0. The van der Waals surface area contributed by atoms with Crippen LogP contribution in [0.25, 0.3) is 0 Å². The third-order valence-corrected chi connectivity index (χ3v) is 14.5. The van der Waals surface area contributed by atoms with Crippen LogP contribution >= 0.6 is 0 Å². The van der Waals surface area contributed by atoms with Gasteiger partial charge in [-0.15, -0.1) is 51.4 Å². The molecule has 480 valence electrons. The molecule has 0 radical (unpaired) electrons. The number of nitrogens with one attached hydrogen (secondary N) is 11. The topological polar surface area (TPSA) is 363 Å². The van der Waals surface area contributed by atoms with Crippen molar-refractivity contribution < 1.29 is 57.5 Å². The van der Waals surface area contributed by atoms with E-state index in [1.54, 1.807) is 0 Å². The number of hydrogen-bond donors (Lipinski definition) is 12. The number of hydrogen-bond acceptors (Lipinski definition) is 13. The summed E-state index contributed by atoms with van der Waals surface area (Å²) in [6.07, 6.45) is 38.6. The number of amides is 11. The van der Waals surface area contributed by atoms with Crippen molar-refractivity contribution in [2.24, 2.45) is 5.73 Å². The van der Waals surface area contributed by atoms with Crippen LogP contribution < -0.4 is 64.2 Å². The van der Waals surface area contributed by atoms with Gasteiger partial charge in [-0.1, -0.05) is 47.4 Å². The second-order valence-electron chi connectivity index (χ2n) is 21.4. The maximum absolute atomic E-state index is 14.5. The number of carbonyl (C=O) groups is 12. The lowest BCUT2D eigenvalue weighted by Crippen LogP contribution is -2.52. The average Bonchev–Trinajstić information content (AvgIpc) is 1.80. The van der Waals surface area contributed by atoms with Gasteiger partial charge in [-0.05, 0) is 84.0 Å². The fourth-order valence-corrected chi connectivity index (χ4v) is 9.37. The van der Waals surface area contributed by atoms with Gasteiger partial charge in [-0.3, -0.25) is 52.7 Å². The monoisotopic (exact) mass is 1230 g/mol. The van der Waals surface area contributed by atoms with Crippen molar-refractivity contribution in [1.29, 1.82) is 0 Å². The van der Waals surface area contributed by atoms with Crippen LogP contribution in [0.15, 0.2) is 0 Å². The van der Waals surface area contributed by atoms with Gasteiger partial charge in [0, 0.05) is 99.2 Å². The predicted octanol–water partition coefficient (Wildman–Crippen LogP) is -0.805. The zero-order valence-electron chi connectivity index (χ0n) is 51.2. The highest BCUT2D eigenvalue weighted by Crippen LogP contribution is 2.31. The minimum Gasteiger partial charge on any atom is -0.351 e. The molecular weight excluding hydrogens is 1140 g/mol. The third-order valence-electron chi connectivity index (χ3n) is 14.5. The minimum atomic E-state index is -1.59. The standard InChI is InChI=1S/C65H88N12O12/c1-10-42-67-51(79)22-34-63(33-18-50(9)78,35-23-52(80)68-43-11-2)75-59(87)19-30-62(66,31-20-60(88)76-64(36-24-53(81)69-44-12-3,37-25-54(82)70-45-13-4)38-26-55(83)71-46-14-5)32-21-61(89)77-65(39-27-56(84)72-47-15-6,40-28-57(85)73-48-16-7)41-29-58(86)74-49-17-8/h1-8H,18-49,66H2,9H3,(H,67,79)(H,68,80)(H,69,81)(H,70,82)(H,71,83)(H,72,84)(H,73,85)(H,74,86)(H,75,87)(H,76,88)(H,77,89). The van der Waals surface area contributed by atoms with E-state index in [0.717, 1.165) is 0 Å². The summed E-state index contributed by atoms with van der Waals surface area (Å²) in [6.45, 7) is 0.522. The Morgan fingerprint density at radius 2 is 0.404 bits per heavy atom. The molecule has 0 aliphatic carbocycles. The van der Waals surface area contributed by atoms with Crippen LogP contribution in [0, 0.1) is 98.8 Å². The highest BCUT2D eigenvalue weighted by atomic mass is 16.2. The Labute approximate surface area is 524 Å². The second-order valence-corrected chi connectivity index (χ2v) is 21.4. The van der Waals surface area contributed by atoms with Crippen molar-refractivity contribution in [2.45, 2.75) is 183 Å². The molecule has 0 aromatic carbocycles. The lowest BCUT2D eigenvalue weighted by molar-refractivity contribution is -0.128. The molecule has 24 nitrogen and oxygen atoms in total. The van der Waals surface area contributed by atoms with E-state index in [2.05, 4.69) is 106 Å². The van der Waals surface area contributed by atoms with Crippen LogP contribution in [0.3, 0.4) is 0 Å². The molecule has 89 heavy (non-hydrogen) atoms. The SMILES string of the molecule is C#CCNC(=O)CCC(CCC(C)=O)(CCC(=O)NCC#C)NC(=O)CCC(N)(CCC(=O)NC(CCC(=O)NCC#C)(CCC(=O)NCC#C)CCC(=O)NCC#C)CCC(=O)NC(CCC(=O)NCC#C)(CCC(=O)NCC#C)CCC(=O)NCC#C. The van der Waals surface area contributed by atoms with E-state index in [-0.39, 0.29) is 199 Å². The lowest BCUT2D eigenvalue weighted by Gasteiger charge is -2.37. The van der Waals surface area contributed by atoms with Crippen LogP contribution in [0.4, 0.5) is 0 Å². The van der Waals surface area contributed by atoms with Gasteiger partial charge in [0.1, 0.15) is 5.78 Å². The first-order chi connectivity index (χ1) is 42.4. The Bertz CT molecular complexity index is 2460. The average molecular weight is 1230 g/mol. The normalized spacial score (nSPS) is 10.7. The van der Waals surface area contributed by atoms with Gasteiger partial charge in [0.2, 0.25) is 65.0 Å². The van der Waals surface area contributed by atoms with E-state index in [9.17, 15) is 57.5 Å². The molecular formula is C65H88N12O12. The van der Waals surface area contributed by atoms with Crippen LogP contribution in [0.1, 0.15) is 161 Å². The van der Waals surface area contributed by atoms with Crippen molar-refractivity contribution in [2.75, 3.05) is 52.4 Å². The summed E-state index contributed by atoms with van der Waals surface area (Å²) < 4.78 is 0. The summed E-state index contributed by atoms with van der Waals surface area (Å²) in [5, 5.41) is 29.4. The molecule has 0 rings (SSSR count). The summed E-state index contributed by atoms with van der Waals surface area (Å²) in [5.74, 6) is 12.3. The number of nitrogens with two attached hydrogens (primary N) is 1. The van der Waals surface area contributed by atoms with Gasteiger partial charge in [-0.25, -0.2) is 0 Å². The van der Waals surface area contributed by atoms with Crippen molar-refractivity contribution in [3.8, 4) is 98.8 Å². The molecule has 0 fully saturated rings. The number of ketones is 1. The molecule has 0 aliphatic rings. The summed E-state index contributed by atoms with van der Waals surface area (Å²) >= 11 is 0. The third kappa shape index (κ3) is 38.1. The summed E-state index contributed by atoms with van der Waals surface area (Å²) in [5.41, 5.74) is 1.48. The molecule has 24 heteroatoms. The highest BCUT2D eigenvalue weighted by Gasteiger charge is 2.39. The van der Waals surface area contributed by atoms with E-state index >= 15 is 0 Å². The zero-order valence-corrected chi connectivity index (χ0v) is 51.2. The van der Waals surface area contributed by atoms with Gasteiger partial charge in [0.05, 0.1) is 52.4 Å². The quantitative estimate of drug-likeness (QED) is 0.0333. The van der Waals surface area contributed by atoms with Crippen molar-refractivity contribution in [1.82, 2.24) is 58.5 Å². The minimum absolute atomic E-state index is 0.00191. The molecule has 0 aromatic rings. The van der Waals surface area contributed by atoms with Gasteiger partial charge in [0.25, 0.3) is 0 Å². The Morgan fingerprint density at radius 1 is 0.258 bits per heavy atom. The first-order valence-electron chi connectivity index (χ1n) is 29.2. The molecule has 0 bridgehead atoms. The van der Waals surface area contributed by atoms with Crippen LogP contribution in [0.5, 0.6) is 0 Å². The Kier molecular flexibility index (Phi) is 40.6. The first kappa shape index (κ1) is 79.3. The van der Waals surface area contributed by atoms with E-state index in [1.807, 2.05) is 0 Å². The fraction of sp³-hybridized carbons (Fsp3) is 0.569. The number of rotatable bonds is 47. The number of carbonyl (C=O) groups excluding carboxylic acids is 12. The van der Waals surface area contributed by atoms with Gasteiger partial charge in [0.15, 0.2) is 0 Å². The maximum Gasteiger partial charge on any atom is 0.220 e. The van der Waals surface area contributed by atoms with Crippen LogP contribution in [-0.4, -0.2) is 145 Å². The largest absolute Gasteiger partial charge is 0.351 e. The van der Waals surface area contributed by atoms with Crippen molar-refractivity contribution in [3.63, 3.8) is 0 Å². The molecule has 0 saturated heterocycles. The molecule has 0 unspecified atom stereocenters. The molecule has 0 saturated carbocycles. The number of Topliss-reactive ketones (excluding diaryl/α,β-unsaturated/α-hetero) is 1. The lowest BCUT2D eigenvalue weighted by atomic mass is 9.80. The van der Waals surface area contributed by atoms with Gasteiger partial charge >= 0.3 is 0 Å². The molecule has 0 aliphatic heterocycles. The smallest absolute Gasteiger partial charge is 0.220 e. The molecule has 0 atom stereocenters. The first-order valence-corrected chi connectivity index (χ1v) is 29.2. The second kappa shape index (κ2) is 45.6. The van der Waals surface area contributed by atoms with Crippen LogP contribution in [-0.2, 0) is 57.5 Å². The van der Waals surface area contributed by atoms with E-state index in [4.69, 9.17) is 57.1 Å². The molecule has 0 heterocycles. The highest BCUT2D eigenvalue weighted by molar-refractivity contribution is 5.83.